The van der Waals surface area contributed by atoms with Gasteiger partial charge in [0.2, 0.25) is 5.91 Å². The van der Waals surface area contributed by atoms with Crippen LogP contribution in [0.1, 0.15) is 44.8 Å². The van der Waals surface area contributed by atoms with E-state index in [-0.39, 0.29) is 18.1 Å². The van der Waals surface area contributed by atoms with Gasteiger partial charge in [0.05, 0.1) is 13.2 Å². The van der Waals surface area contributed by atoms with E-state index in [1.807, 2.05) is 18.2 Å². The zero-order valence-electron chi connectivity index (χ0n) is 13.0. The van der Waals surface area contributed by atoms with Crippen LogP contribution in [0.4, 0.5) is 0 Å². The number of ether oxygens (including phenoxy) is 1. The fourth-order valence-corrected chi connectivity index (χ4v) is 3.25. The van der Waals surface area contributed by atoms with Crippen LogP contribution in [-0.2, 0) is 4.79 Å². The molecule has 1 heterocycles. The number of benzene rings is 1. The Labute approximate surface area is 126 Å². The molecular formula is C17H24N2O2. The number of hydrogen-bond donors (Lipinski definition) is 1. The van der Waals surface area contributed by atoms with Crippen molar-refractivity contribution in [2.45, 2.75) is 51.4 Å². The number of nitrogens with one attached hydrogen (secondary N) is 1. The molecule has 0 radical (unpaired) electrons. The van der Waals surface area contributed by atoms with Crippen LogP contribution in [0.25, 0.3) is 0 Å². The average molecular weight is 288 g/mol. The van der Waals surface area contributed by atoms with Gasteiger partial charge in [0.15, 0.2) is 0 Å². The van der Waals surface area contributed by atoms with Crippen molar-refractivity contribution < 1.29 is 9.53 Å². The molecule has 2 fully saturated rings. The molecule has 0 bridgehead atoms. The second-order valence-corrected chi connectivity index (χ2v) is 6.13. The maximum absolute atomic E-state index is 12.7. The molecule has 3 unspecified atom stereocenters. The van der Waals surface area contributed by atoms with Gasteiger partial charge >= 0.3 is 0 Å². The summed E-state index contributed by atoms with van der Waals surface area (Å²) >= 11 is 0. The molecular weight excluding hydrogens is 264 g/mol. The minimum atomic E-state index is -0.0672. The molecule has 114 valence electrons. The molecule has 3 rings (SSSR count). The Morgan fingerprint density at radius 1 is 1.43 bits per heavy atom. The molecule has 1 aromatic carbocycles. The highest BCUT2D eigenvalue weighted by atomic mass is 16.5. The third-order valence-corrected chi connectivity index (χ3v) is 4.75. The molecule has 1 aliphatic heterocycles. The molecule has 1 saturated heterocycles. The standard InChI is InChI=1S/C17H24N2O2/c1-4-15-17(20)19(11(2)12-8-9-12)16(18-15)13-6-5-7-14(10-13)21-3/h5-7,10-12,15-16,18H,4,8-9H2,1-3H3. The Hall–Kier alpha value is -1.55. The number of rotatable bonds is 5. The van der Waals surface area contributed by atoms with Crippen molar-refractivity contribution in [2.75, 3.05) is 7.11 Å². The molecule has 4 heteroatoms. The summed E-state index contributed by atoms with van der Waals surface area (Å²) in [6, 6.07) is 8.25. The Morgan fingerprint density at radius 3 is 2.81 bits per heavy atom. The number of methoxy groups -OCH3 is 1. The van der Waals surface area contributed by atoms with Crippen LogP contribution in [0.2, 0.25) is 0 Å². The van der Waals surface area contributed by atoms with E-state index in [1.54, 1.807) is 7.11 Å². The molecule has 1 N–H and O–H groups in total. The molecule has 0 spiro atoms. The first-order chi connectivity index (χ1) is 10.2. The van der Waals surface area contributed by atoms with Crippen molar-refractivity contribution in [1.29, 1.82) is 0 Å². The van der Waals surface area contributed by atoms with Gasteiger partial charge in [-0.2, -0.15) is 0 Å². The third kappa shape index (κ3) is 2.64. The predicted molar refractivity (Wildman–Crippen MR) is 82.0 cm³/mol. The van der Waals surface area contributed by atoms with E-state index in [1.165, 1.54) is 12.8 Å². The van der Waals surface area contributed by atoms with E-state index in [0.29, 0.717) is 12.0 Å². The van der Waals surface area contributed by atoms with E-state index in [0.717, 1.165) is 17.7 Å². The van der Waals surface area contributed by atoms with Crippen LogP contribution in [0.15, 0.2) is 24.3 Å². The van der Waals surface area contributed by atoms with E-state index < -0.39 is 0 Å². The molecule has 21 heavy (non-hydrogen) atoms. The predicted octanol–water partition coefficient (Wildman–Crippen LogP) is 2.70. The number of hydrogen-bond acceptors (Lipinski definition) is 3. The maximum Gasteiger partial charge on any atom is 0.241 e. The second kappa shape index (κ2) is 5.68. The van der Waals surface area contributed by atoms with Crippen LogP contribution in [0.3, 0.4) is 0 Å². The van der Waals surface area contributed by atoms with Gasteiger partial charge in [-0.1, -0.05) is 19.1 Å². The van der Waals surface area contributed by atoms with Crippen LogP contribution >= 0.6 is 0 Å². The first kappa shape index (κ1) is 14.4. The summed E-state index contributed by atoms with van der Waals surface area (Å²) in [5, 5.41) is 3.49. The highest BCUT2D eigenvalue weighted by Crippen LogP contribution is 2.40. The summed E-state index contributed by atoms with van der Waals surface area (Å²) in [6.45, 7) is 4.24. The normalized spacial score (nSPS) is 27.0. The van der Waals surface area contributed by atoms with Gasteiger partial charge in [-0.25, -0.2) is 0 Å². The van der Waals surface area contributed by atoms with Crippen LogP contribution in [-0.4, -0.2) is 30.0 Å². The number of carbonyl (C=O) groups excluding carboxylic acids is 1. The van der Waals surface area contributed by atoms with Gasteiger partial charge in [-0.3, -0.25) is 10.1 Å². The molecule has 1 aliphatic carbocycles. The lowest BCUT2D eigenvalue weighted by molar-refractivity contribution is -0.132. The largest absolute Gasteiger partial charge is 0.497 e. The Bertz CT molecular complexity index is 527. The van der Waals surface area contributed by atoms with Crippen molar-refractivity contribution in [3.05, 3.63) is 29.8 Å². The summed E-state index contributed by atoms with van der Waals surface area (Å²) in [5.74, 6) is 1.74. The fourth-order valence-electron chi connectivity index (χ4n) is 3.25. The van der Waals surface area contributed by atoms with Crippen LogP contribution in [0, 0.1) is 5.92 Å². The summed E-state index contributed by atoms with van der Waals surface area (Å²) in [6.07, 6.45) is 3.28. The topological polar surface area (TPSA) is 41.6 Å². The smallest absolute Gasteiger partial charge is 0.241 e. The summed E-state index contributed by atoms with van der Waals surface area (Å²) < 4.78 is 5.32. The van der Waals surface area contributed by atoms with Gasteiger partial charge in [0, 0.05) is 6.04 Å². The molecule has 0 aromatic heterocycles. The van der Waals surface area contributed by atoms with Crippen molar-refractivity contribution in [3.63, 3.8) is 0 Å². The first-order valence-corrected chi connectivity index (χ1v) is 7.88. The fraction of sp³-hybridized carbons (Fsp3) is 0.588. The molecule has 1 amide bonds. The molecule has 2 aliphatic rings. The Kier molecular flexibility index (Phi) is 3.89. The van der Waals surface area contributed by atoms with Crippen molar-refractivity contribution >= 4 is 5.91 Å². The quantitative estimate of drug-likeness (QED) is 0.906. The monoisotopic (exact) mass is 288 g/mol. The van der Waals surface area contributed by atoms with Crippen molar-refractivity contribution in [1.82, 2.24) is 10.2 Å². The van der Waals surface area contributed by atoms with Gasteiger partial charge in [-0.15, -0.1) is 0 Å². The van der Waals surface area contributed by atoms with Gasteiger partial charge in [0.25, 0.3) is 0 Å². The number of carbonyl (C=O) groups is 1. The highest BCUT2D eigenvalue weighted by Gasteiger charge is 2.45. The van der Waals surface area contributed by atoms with E-state index in [9.17, 15) is 4.79 Å². The summed E-state index contributed by atoms with van der Waals surface area (Å²) in [5.41, 5.74) is 1.10. The molecule has 4 nitrogen and oxygen atoms in total. The number of nitrogens with zero attached hydrogens (tertiary/aromatic N) is 1. The zero-order chi connectivity index (χ0) is 15.0. The summed E-state index contributed by atoms with van der Waals surface area (Å²) in [4.78, 5) is 14.7. The van der Waals surface area contributed by atoms with Gasteiger partial charge < -0.3 is 9.64 Å². The van der Waals surface area contributed by atoms with E-state index in [4.69, 9.17) is 4.74 Å². The third-order valence-electron chi connectivity index (χ3n) is 4.75. The Morgan fingerprint density at radius 2 is 2.19 bits per heavy atom. The zero-order valence-corrected chi connectivity index (χ0v) is 13.0. The molecule has 1 saturated carbocycles. The minimum absolute atomic E-state index is 0.0341. The first-order valence-electron chi connectivity index (χ1n) is 7.88. The second-order valence-electron chi connectivity index (χ2n) is 6.13. The lowest BCUT2D eigenvalue weighted by Crippen LogP contribution is -2.39. The van der Waals surface area contributed by atoms with Gasteiger partial charge in [0.1, 0.15) is 11.9 Å². The molecule has 1 aromatic rings. The lowest BCUT2D eigenvalue weighted by atomic mass is 10.1. The lowest BCUT2D eigenvalue weighted by Gasteiger charge is -2.31. The highest BCUT2D eigenvalue weighted by molar-refractivity contribution is 5.85. The maximum atomic E-state index is 12.7. The SMILES string of the molecule is CCC1NC(c2cccc(OC)c2)N(C(C)C2CC2)C1=O. The van der Waals surface area contributed by atoms with Crippen LogP contribution < -0.4 is 10.1 Å². The summed E-state index contributed by atoms with van der Waals surface area (Å²) in [7, 11) is 1.67. The average Bonchev–Trinajstić information content (AvgIpc) is 3.30. The van der Waals surface area contributed by atoms with E-state index >= 15 is 0 Å². The van der Waals surface area contributed by atoms with Crippen molar-refractivity contribution in [2.24, 2.45) is 5.92 Å². The Balaban J connectivity index is 1.91. The minimum Gasteiger partial charge on any atom is -0.497 e. The van der Waals surface area contributed by atoms with E-state index in [2.05, 4.69) is 30.1 Å². The number of amides is 1. The van der Waals surface area contributed by atoms with Crippen molar-refractivity contribution in [3.8, 4) is 5.75 Å². The van der Waals surface area contributed by atoms with Gasteiger partial charge in [-0.05, 0) is 49.8 Å². The van der Waals surface area contributed by atoms with Crippen LogP contribution in [0.5, 0.6) is 5.75 Å². The molecule has 3 atom stereocenters.